The van der Waals surface area contributed by atoms with Crippen molar-refractivity contribution in [1.82, 2.24) is 20.2 Å². The Bertz CT molecular complexity index is 646. The Balaban J connectivity index is 1.88. The first-order chi connectivity index (χ1) is 10.0. The van der Waals surface area contributed by atoms with Crippen LogP contribution in [0.3, 0.4) is 0 Å². The van der Waals surface area contributed by atoms with E-state index < -0.39 is 5.97 Å². The summed E-state index contributed by atoms with van der Waals surface area (Å²) in [5, 5.41) is 22.3. The maximum atomic E-state index is 11.8. The maximum absolute atomic E-state index is 11.8. The molecule has 0 aliphatic rings. The van der Waals surface area contributed by atoms with Crippen LogP contribution in [0.5, 0.6) is 0 Å². The lowest BCUT2D eigenvalue weighted by molar-refractivity contribution is -0.138. The number of nitrogens with one attached hydrogen (secondary N) is 1. The molecule has 0 radical (unpaired) electrons. The molecule has 0 fully saturated rings. The Morgan fingerprint density at radius 2 is 2.05 bits per heavy atom. The van der Waals surface area contributed by atoms with Gasteiger partial charge in [-0.3, -0.25) is 9.59 Å². The zero-order valence-electron chi connectivity index (χ0n) is 10.6. The molecule has 0 bridgehead atoms. The number of aromatic nitrogens is 4. The Morgan fingerprint density at radius 1 is 1.33 bits per heavy atom. The number of tetrazole rings is 1. The topological polar surface area (TPSA) is 110 Å². The zero-order chi connectivity index (χ0) is 15.2. The minimum absolute atomic E-state index is 0.0794. The van der Waals surface area contributed by atoms with Crippen LogP contribution in [0.25, 0.3) is 0 Å². The quantitative estimate of drug-likeness (QED) is 0.735. The van der Waals surface area contributed by atoms with Gasteiger partial charge in [-0.25, -0.2) is 4.68 Å². The van der Waals surface area contributed by atoms with Gasteiger partial charge >= 0.3 is 5.97 Å². The molecule has 2 aromatic rings. The summed E-state index contributed by atoms with van der Waals surface area (Å²) in [5.74, 6) is -1.20. The number of hydrogen-bond acceptors (Lipinski definition) is 6. The minimum atomic E-state index is -1.05. The SMILES string of the molecule is O=C(O)Cn1nnnc1SCC(=O)Nc1ccc(Br)cc1. The highest BCUT2D eigenvalue weighted by Gasteiger charge is 2.12. The van der Waals surface area contributed by atoms with Crippen LogP contribution in [0.4, 0.5) is 5.69 Å². The van der Waals surface area contributed by atoms with Crippen molar-refractivity contribution in [3.8, 4) is 0 Å². The molecule has 0 saturated heterocycles. The number of hydrogen-bond donors (Lipinski definition) is 2. The highest BCUT2D eigenvalue weighted by Crippen LogP contribution is 2.16. The van der Waals surface area contributed by atoms with Crippen molar-refractivity contribution < 1.29 is 14.7 Å². The maximum Gasteiger partial charge on any atom is 0.325 e. The van der Waals surface area contributed by atoms with Gasteiger partial charge in [-0.1, -0.05) is 27.7 Å². The number of anilines is 1. The monoisotopic (exact) mass is 371 g/mol. The number of halogens is 1. The Hall–Kier alpha value is -1.94. The lowest BCUT2D eigenvalue weighted by Gasteiger charge is -2.05. The summed E-state index contributed by atoms with van der Waals surface area (Å²) in [5.41, 5.74) is 0.675. The van der Waals surface area contributed by atoms with Crippen molar-refractivity contribution >= 4 is 45.3 Å². The number of carboxylic acids is 1. The van der Waals surface area contributed by atoms with Crippen LogP contribution in [0.2, 0.25) is 0 Å². The number of nitrogens with zero attached hydrogens (tertiary/aromatic N) is 4. The number of thioether (sulfide) groups is 1. The first-order valence-electron chi connectivity index (χ1n) is 5.71. The molecule has 110 valence electrons. The third kappa shape index (κ3) is 4.83. The molecule has 1 heterocycles. The van der Waals surface area contributed by atoms with E-state index >= 15 is 0 Å². The molecule has 1 aromatic carbocycles. The first kappa shape index (κ1) is 15.4. The van der Waals surface area contributed by atoms with Crippen molar-refractivity contribution in [3.05, 3.63) is 28.7 Å². The molecule has 2 N–H and O–H groups in total. The summed E-state index contributed by atoms with van der Waals surface area (Å²) < 4.78 is 2.04. The van der Waals surface area contributed by atoms with Crippen molar-refractivity contribution in [2.75, 3.05) is 11.1 Å². The average molecular weight is 372 g/mol. The number of carboxylic acid groups (broad SMARTS) is 1. The van der Waals surface area contributed by atoms with E-state index in [4.69, 9.17) is 5.11 Å². The van der Waals surface area contributed by atoms with Crippen molar-refractivity contribution in [2.45, 2.75) is 11.7 Å². The van der Waals surface area contributed by atoms with E-state index in [1.165, 1.54) is 0 Å². The summed E-state index contributed by atoms with van der Waals surface area (Å²) in [6.45, 7) is -0.344. The van der Waals surface area contributed by atoms with Crippen LogP contribution in [0.15, 0.2) is 33.9 Å². The lowest BCUT2D eigenvalue weighted by atomic mass is 10.3. The molecule has 0 unspecified atom stereocenters. The van der Waals surface area contributed by atoms with Crippen molar-refractivity contribution in [3.63, 3.8) is 0 Å². The van der Waals surface area contributed by atoms with Crippen molar-refractivity contribution in [2.24, 2.45) is 0 Å². The molecule has 10 heteroatoms. The summed E-state index contributed by atoms with van der Waals surface area (Å²) in [7, 11) is 0. The van der Waals surface area contributed by atoms with Gasteiger partial charge in [0.1, 0.15) is 6.54 Å². The summed E-state index contributed by atoms with van der Waals surface area (Å²) in [4.78, 5) is 22.4. The number of amides is 1. The number of benzene rings is 1. The van der Waals surface area contributed by atoms with Gasteiger partial charge in [0, 0.05) is 10.2 Å². The highest BCUT2D eigenvalue weighted by atomic mass is 79.9. The second-order valence-electron chi connectivity index (χ2n) is 3.86. The molecular weight excluding hydrogens is 362 g/mol. The van der Waals surface area contributed by atoms with E-state index in [-0.39, 0.29) is 23.4 Å². The molecule has 0 aliphatic heterocycles. The van der Waals surface area contributed by atoms with E-state index in [1.807, 2.05) is 12.1 Å². The van der Waals surface area contributed by atoms with Gasteiger partial charge in [0.2, 0.25) is 11.1 Å². The Kier molecular flexibility index (Phi) is 5.28. The van der Waals surface area contributed by atoms with E-state index in [2.05, 4.69) is 36.8 Å². The van der Waals surface area contributed by atoms with Crippen LogP contribution >= 0.6 is 27.7 Å². The predicted octanol–water partition coefficient (Wildman–Crippen LogP) is 1.25. The standard InChI is InChI=1S/C11H10BrN5O3S/c12-7-1-3-8(4-2-7)13-9(18)6-21-11-14-15-16-17(11)5-10(19)20/h1-4H,5-6H2,(H,13,18)(H,19,20). The molecule has 2 rings (SSSR count). The van der Waals surface area contributed by atoms with Gasteiger partial charge in [-0.15, -0.1) is 5.10 Å². The van der Waals surface area contributed by atoms with E-state index in [1.54, 1.807) is 12.1 Å². The Labute approximate surface area is 132 Å². The van der Waals surface area contributed by atoms with E-state index in [0.29, 0.717) is 5.69 Å². The smallest absolute Gasteiger partial charge is 0.325 e. The fourth-order valence-electron chi connectivity index (χ4n) is 1.39. The molecule has 0 aliphatic carbocycles. The van der Waals surface area contributed by atoms with Gasteiger partial charge in [0.25, 0.3) is 0 Å². The van der Waals surface area contributed by atoms with Gasteiger partial charge in [-0.05, 0) is 34.7 Å². The largest absolute Gasteiger partial charge is 0.480 e. The molecular formula is C11H10BrN5O3S. The fourth-order valence-corrected chi connectivity index (χ4v) is 2.33. The zero-order valence-corrected chi connectivity index (χ0v) is 13.0. The Morgan fingerprint density at radius 3 is 2.71 bits per heavy atom. The summed E-state index contributed by atoms with van der Waals surface area (Å²) in [6.07, 6.45) is 0. The third-order valence-corrected chi connectivity index (χ3v) is 3.73. The molecule has 0 saturated carbocycles. The average Bonchev–Trinajstić information content (AvgIpc) is 2.85. The molecule has 1 amide bonds. The second kappa shape index (κ2) is 7.18. The van der Waals surface area contributed by atoms with Crippen LogP contribution in [0, 0.1) is 0 Å². The molecule has 1 aromatic heterocycles. The first-order valence-corrected chi connectivity index (χ1v) is 7.48. The minimum Gasteiger partial charge on any atom is -0.480 e. The summed E-state index contributed by atoms with van der Waals surface area (Å²) in [6, 6.07) is 7.16. The van der Waals surface area contributed by atoms with Crippen LogP contribution < -0.4 is 5.32 Å². The number of aliphatic carboxylic acids is 1. The third-order valence-electron chi connectivity index (χ3n) is 2.24. The summed E-state index contributed by atoms with van der Waals surface area (Å²) >= 11 is 4.37. The van der Waals surface area contributed by atoms with Crippen LogP contribution in [-0.2, 0) is 16.1 Å². The fraction of sp³-hybridized carbons (Fsp3) is 0.182. The van der Waals surface area contributed by atoms with Gasteiger partial charge < -0.3 is 10.4 Å². The van der Waals surface area contributed by atoms with Crippen molar-refractivity contribution in [1.29, 1.82) is 0 Å². The van der Waals surface area contributed by atoms with Crippen LogP contribution in [-0.4, -0.2) is 42.9 Å². The van der Waals surface area contributed by atoms with Gasteiger partial charge in [0.05, 0.1) is 5.75 Å². The van der Waals surface area contributed by atoms with Crippen LogP contribution in [0.1, 0.15) is 0 Å². The number of carbonyl (C=O) groups excluding carboxylic acids is 1. The van der Waals surface area contributed by atoms with Gasteiger partial charge in [0.15, 0.2) is 0 Å². The highest BCUT2D eigenvalue weighted by molar-refractivity contribution is 9.10. The number of carbonyl (C=O) groups is 2. The van der Waals surface area contributed by atoms with Gasteiger partial charge in [-0.2, -0.15) is 0 Å². The molecule has 8 nitrogen and oxygen atoms in total. The lowest BCUT2D eigenvalue weighted by Crippen LogP contribution is -2.15. The number of rotatable bonds is 6. The normalized spacial score (nSPS) is 10.3. The van der Waals surface area contributed by atoms with E-state index in [9.17, 15) is 9.59 Å². The molecule has 0 spiro atoms. The molecule has 0 atom stereocenters. The predicted molar refractivity (Wildman–Crippen MR) is 78.9 cm³/mol. The second-order valence-corrected chi connectivity index (χ2v) is 5.71. The van der Waals surface area contributed by atoms with E-state index in [0.717, 1.165) is 20.9 Å². The molecule has 21 heavy (non-hydrogen) atoms.